The van der Waals surface area contributed by atoms with Gasteiger partial charge in [-0.3, -0.25) is 4.98 Å². The highest BCUT2D eigenvalue weighted by Gasteiger charge is 2.22. The molecule has 0 radical (unpaired) electrons. The van der Waals surface area contributed by atoms with Crippen molar-refractivity contribution in [2.24, 2.45) is 0 Å². The van der Waals surface area contributed by atoms with E-state index in [9.17, 15) is 8.78 Å². The van der Waals surface area contributed by atoms with Crippen LogP contribution in [0.3, 0.4) is 0 Å². The second-order valence-electron chi connectivity index (χ2n) is 7.48. The Kier molecular flexibility index (Phi) is 4.11. The number of ether oxygens (including phenoxy) is 1. The molecule has 0 amide bonds. The first-order valence-corrected chi connectivity index (χ1v) is 7.25. The van der Waals surface area contributed by atoms with Crippen LogP contribution in [0.5, 0.6) is 5.75 Å². The molecule has 5 heteroatoms. The molecule has 0 aliphatic heterocycles. The van der Waals surface area contributed by atoms with Crippen molar-refractivity contribution in [3.8, 4) is 5.75 Å². The lowest BCUT2D eigenvalue weighted by Crippen LogP contribution is -2.16. The van der Waals surface area contributed by atoms with Crippen molar-refractivity contribution in [3.63, 3.8) is 0 Å². The highest BCUT2D eigenvalue weighted by atomic mass is 19.3. The molecule has 3 nitrogen and oxygen atoms in total. The van der Waals surface area contributed by atoms with Gasteiger partial charge in [0.15, 0.2) is 5.75 Å². The molecule has 0 saturated heterocycles. The zero-order valence-electron chi connectivity index (χ0n) is 13.9. The van der Waals surface area contributed by atoms with E-state index in [1.54, 1.807) is 12.3 Å². The van der Waals surface area contributed by atoms with Crippen LogP contribution in [0.25, 0.3) is 11.0 Å². The van der Waals surface area contributed by atoms with E-state index in [-0.39, 0.29) is 16.6 Å². The normalized spacial score (nSPS) is 13.0. The molecule has 2 rings (SSSR count). The summed E-state index contributed by atoms with van der Waals surface area (Å²) in [5.74, 6) is 0.0797. The number of benzene rings is 1. The Bertz CT molecular complexity index is 685. The number of fused-ring (bicyclic) bond motifs is 1. The summed E-state index contributed by atoms with van der Waals surface area (Å²) in [6.07, 6.45) is 1.70. The summed E-state index contributed by atoms with van der Waals surface area (Å²) in [4.78, 5) is 8.90. The van der Waals surface area contributed by atoms with Crippen LogP contribution in [-0.4, -0.2) is 16.6 Å². The summed E-state index contributed by atoms with van der Waals surface area (Å²) in [5.41, 5.74) is 2.15. The van der Waals surface area contributed by atoms with Crippen molar-refractivity contribution in [2.75, 3.05) is 0 Å². The second-order valence-corrected chi connectivity index (χ2v) is 7.48. The average Bonchev–Trinajstić information content (AvgIpc) is 2.35. The quantitative estimate of drug-likeness (QED) is 0.797. The first-order valence-electron chi connectivity index (χ1n) is 7.25. The second kappa shape index (κ2) is 5.45. The monoisotopic (exact) mass is 308 g/mol. The Morgan fingerprint density at radius 3 is 2.14 bits per heavy atom. The first-order chi connectivity index (χ1) is 9.98. The highest BCUT2D eigenvalue weighted by molar-refractivity contribution is 5.82. The average molecular weight is 308 g/mol. The number of halogens is 2. The van der Waals surface area contributed by atoms with Crippen molar-refractivity contribution in [2.45, 2.75) is 59.0 Å². The summed E-state index contributed by atoms with van der Waals surface area (Å²) in [6, 6.07) is 3.52. The Hall–Kier alpha value is -1.78. The minimum atomic E-state index is -2.89. The van der Waals surface area contributed by atoms with Gasteiger partial charge in [-0.1, -0.05) is 41.5 Å². The lowest BCUT2D eigenvalue weighted by atomic mass is 9.86. The van der Waals surface area contributed by atoms with Gasteiger partial charge in [0.2, 0.25) is 0 Å². The van der Waals surface area contributed by atoms with Crippen molar-refractivity contribution < 1.29 is 13.5 Å². The number of alkyl halides is 2. The molecule has 1 heterocycles. The SMILES string of the molecule is CC(C)(C)c1cc(OC(F)F)c2nc(C(C)(C)C)cnc2c1. The molecule has 0 bridgehead atoms. The summed E-state index contributed by atoms with van der Waals surface area (Å²) in [6.45, 7) is 9.14. The minimum absolute atomic E-state index is 0.0797. The van der Waals surface area contributed by atoms with Crippen LogP contribution in [0.1, 0.15) is 52.8 Å². The highest BCUT2D eigenvalue weighted by Crippen LogP contribution is 2.33. The van der Waals surface area contributed by atoms with Crippen molar-refractivity contribution in [1.29, 1.82) is 0 Å². The largest absolute Gasteiger partial charge is 0.432 e. The predicted molar refractivity (Wildman–Crippen MR) is 83.6 cm³/mol. The predicted octanol–water partition coefficient (Wildman–Crippen LogP) is 4.83. The van der Waals surface area contributed by atoms with Gasteiger partial charge in [-0.05, 0) is 23.1 Å². The summed E-state index contributed by atoms with van der Waals surface area (Å²) >= 11 is 0. The van der Waals surface area contributed by atoms with E-state index >= 15 is 0 Å². The van der Waals surface area contributed by atoms with Crippen LogP contribution in [-0.2, 0) is 10.8 Å². The van der Waals surface area contributed by atoms with Crippen molar-refractivity contribution in [1.82, 2.24) is 9.97 Å². The molecule has 0 saturated carbocycles. The molecule has 0 aliphatic rings. The van der Waals surface area contributed by atoms with Gasteiger partial charge in [-0.25, -0.2) is 4.98 Å². The number of hydrogen-bond donors (Lipinski definition) is 0. The van der Waals surface area contributed by atoms with Gasteiger partial charge >= 0.3 is 6.61 Å². The van der Waals surface area contributed by atoms with Crippen LogP contribution in [0.4, 0.5) is 8.78 Å². The Morgan fingerprint density at radius 1 is 1.00 bits per heavy atom. The standard InChI is InChI=1S/C17H22F2N2O/c1-16(2,3)10-7-11-14(12(8-10)22-15(18)19)21-13(9-20-11)17(4,5)6/h7-9,15H,1-6H3. The molecule has 1 aromatic heterocycles. The van der Waals surface area contributed by atoms with E-state index in [1.807, 2.05) is 47.6 Å². The van der Waals surface area contributed by atoms with E-state index in [0.29, 0.717) is 11.0 Å². The van der Waals surface area contributed by atoms with Gasteiger partial charge in [-0.15, -0.1) is 0 Å². The minimum Gasteiger partial charge on any atom is -0.432 e. The van der Waals surface area contributed by atoms with E-state index in [0.717, 1.165) is 11.3 Å². The molecule has 120 valence electrons. The molecule has 1 aromatic carbocycles. The van der Waals surface area contributed by atoms with E-state index < -0.39 is 6.61 Å². The van der Waals surface area contributed by atoms with Crippen LogP contribution >= 0.6 is 0 Å². The van der Waals surface area contributed by atoms with Crippen molar-refractivity contribution in [3.05, 3.63) is 29.6 Å². The number of hydrogen-bond acceptors (Lipinski definition) is 3. The lowest BCUT2D eigenvalue weighted by Gasteiger charge is -2.22. The van der Waals surface area contributed by atoms with Crippen LogP contribution < -0.4 is 4.74 Å². The number of nitrogens with zero attached hydrogens (tertiary/aromatic N) is 2. The van der Waals surface area contributed by atoms with Gasteiger partial charge in [0.1, 0.15) is 5.52 Å². The molecule has 0 fully saturated rings. The molecule has 0 aliphatic carbocycles. The molecule has 22 heavy (non-hydrogen) atoms. The number of rotatable bonds is 2. The molecular weight excluding hydrogens is 286 g/mol. The van der Waals surface area contributed by atoms with Crippen molar-refractivity contribution >= 4 is 11.0 Å². The van der Waals surface area contributed by atoms with Gasteiger partial charge in [-0.2, -0.15) is 8.78 Å². The van der Waals surface area contributed by atoms with Gasteiger partial charge in [0.05, 0.1) is 11.2 Å². The maximum atomic E-state index is 12.7. The summed E-state index contributed by atoms with van der Waals surface area (Å²) < 4.78 is 30.2. The molecular formula is C17H22F2N2O. The third-order valence-electron chi connectivity index (χ3n) is 3.46. The topological polar surface area (TPSA) is 35.0 Å². The third kappa shape index (κ3) is 3.51. The van der Waals surface area contributed by atoms with E-state index in [4.69, 9.17) is 4.74 Å². The van der Waals surface area contributed by atoms with Crippen LogP contribution in [0, 0.1) is 0 Å². The number of aromatic nitrogens is 2. The Balaban J connectivity index is 2.71. The maximum Gasteiger partial charge on any atom is 0.387 e. The smallest absolute Gasteiger partial charge is 0.387 e. The third-order valence-corrected chi connectivity index (χ3v) is 3.46. The summed E-state index contributed by atoms with van der Waals surface area (Å²) in [7, 11) is 0. The first kappa shape index (κ1) is 16.6. The molecule has 0 N–H and O–H groups in total. The van der Waals surface area contributed by atoms with Gasteiger partial charge in [0, 0.05) is 11.6 Å². The zero-order chi connectivity index (χ0) is 16.7. The summed E-state index contributed by atoms with van der Waals surface area (Å²) in [5, 5.41) is 0. The van der Waals surface area contributed by atoms with E-state index in [2.05, 4.69) is 9.97 Å². The fourth-order valence-electron chi connectivity index (χ4n) is 2.06. The fraction of sp³-hybridized carbons (Fsp3) is 0.529. The van der Waals surface area contributed by atoms with Gasteiger partial charge in [0.25, 0.3) is 0 Å². The molecule has 0 spiro atoms. The van der Waals surface area contributed by atoms with E-state index in [1.165, 1.54) is 0 Å². The van der Waals surface area contributed by atoms with Gasteiger partial charge < -0.3 is 4.74 Å². The Morgan fingerprint density at radius 2 is 1.64 bits per heavy atom. The van der Waals surface area contributed by atoms with Crippen LogP contribution in [0.2, 0.25) is 0 Å². The maximum absolute atomic E-state index is 12.7. The fourth-order valence-corrected chi connectivity index (χ4v) is 2.06. The Labute approximate surface area is 129 Å². The zero-order valence-corrected chi connectivity index (χ0v) is 13.9. The molecule has 0 unspecified atom stereocenters. The molecule has 0 atom stereocenters. The molecule has 2 aromatic rings. The van der Waals surface area contributed by atoms with Crippen LogP contribution in [0.15, 0.2) is 18.3 Å². The lowest BCUT2D eigenvalue weighted by molar-refractivity contribution is -0.0490.